The molecule has 0 rings (SSSR count). The molecule has 0 spiro atoms. The summed E-state index contributed by atoms with van der Waals surface area (Å²) in [6.07, 6.45) is 1.11. The predicted molar refractivity (Wildman–Crippen MR) is 47.7 cm³/mol. The van der Waals surface area contributed by atoms with Crippen LogP contribution in [0.4, 0.5) is 0 Å². The molecule has 0 unspecified atom stereocenters. The van der Waals surface area contributed by atoms with E-state index in [4.69, 9.17) is 14.8 Å². The number of hydrogen-bond acceptors (Lipinski definition) is 4. The van der Waals surface area contributed by atoms with Gasteiger partial charge in [0, 0.05) is 13.2 Å². The van der Waals surface area contributed by atoms with Gasteiger partial charge in [-0.25, -0.2) is 0 Å². The molecule has 0 fully saturated rings. The lowest BCUT2D eigenvalue weighted by atomic mass is 10.0. The molecular weight excluding hydrogens is 196 g/mol. The Morgan fingerprint density at radius 2 is 1.69 bits per heavy atom. The van der Waals surface area contributed by atoms with Crippen molar-refractivity contribution in [1.29, 1.82) is 0 Å². The number of aliphatic hydroxyl groups excluding tert-OH is 2. The fourth-order valence-corrected chi connectivity index (χ4v) is 1.82. The highest BCUT2D eigenvalue weighted by atomic mass is 32.2. The summed E-state index contributed by atoms with van der Waals surface area (Å²) in [5, 5.41) is 17.1. The van der Waals surface area contributed by atoms with Gasteiger partial charge in [0.15, 0.2) is 0 Å². The molecule has 0 aromatic rings. The summed E-state index contributed by atoms with van der Waals surface area (Å²) in [6.45, 7) is -0.170. The van der Waals surface area contributed by atoms with Gasteiger partial charge in [0.1, 0.15) is 0 Å². The molecule has 0 amide bonds. The fraction of sp³-hybridized carbons (Fsp3) is 0.857. The van der Waals surface area contributed by atoms with E-state index in [0.717, 1.165) is 0 Å². The Labute approximate surface area is 78.1 Å². The molecule has 0 atom stereocenters. The molecule has 6 heteroatoms. The van der Waals surface area contributed by atoms with Crippen LogP contribution in [0.25, 0.3) is 0 Å². The van der Waals surface area contributed by atoms with Gasteiger partial charge in [-0.2, -0.15) is 8.42 Å². The van der Waals surface area contributed by atoms with Gasteiger partial charge in [-0.3, -0.25) is 4.55 Å². The van der Waals surface area contributed by atoms with Crippen LogP contribution in [-0.4, -0.2) is 42.2 Å². The molecule has 0 aliphatic heterocycles. The summed E-state index contributed by atoms with van der Waals surface area (Å²) in [4.78, 5) is 0. The highest BCUT2D eigenvalue weighted by molar-refractivity contribution is 7.85. The molecule has 0 heterocycles. The molecule has 3 N–H and O–H groups in total. The second-order valence-corrected chi connectivity index (χ2v) is 4.23. The third kappa shape index (κ3) is 8.17. The zero-order chi connectivity index (χ0) is 10.3. The Morgan fingerprint density at radius 3 is 2.08 bits per heavy atom. The highest BCUT2D eigenvalue weighted by Gasteiger charge is 2.16. The number of rotatable bonds is 7. The van der Waals surface area contributed by atoms with Crippen LogP contribution in [0.1, 0.15) is 19.3 Å². The lowest BCUT2D eigenvalue weighted by Gasteiger charge is -2.11. The van der Waals surface area contributed by atoms with Gasteiger partial charge in [-0.05, 0) is 25.2 Å². The van der Waals surface area contributed by atoms with E-state index in [0.29, 0.717) is 18.8 Å². The van der Waals surface area contributed by atoms with Crippen molar-refractivity contribution in [3.05, 3.63) is 5.92 Å². The maximum absolute atomic E-state index is 10.5. The summed E-state index contributed by atoms with van der Waals surface area (Å²) in [7, 11) is -4.01. The van der Waals surface area contributed by atoms with Gasteiger partial charge >= 0.3 is 0 Å². The second-order valence-electron chi connectivity index (χ2n) is 2.78. The summed E-state index contributed by atoms with van der Waals surface area (Å²) in [6, 6.07) is 0. The average molecular weight is 211 g/mol. The van der Waals surface area contributed by atoms with Gasteiger partial charge in [0.2, 0.25) is 0 Å². The van der Waals surface area contributed by atoms with E-state index in [-0.39, 0.29) is 19.6 Å². The Hall–Kier alpha value is -0.170. The van der Waals surface area contributed by atoms with Crippen molar-refractivity contribution in [2.45, 2.75) is 19.3 Å². The van der Waals surface area contributed by atoms with Gasteiger partial charge < -0.3 is 10.2 Å². The van der Waals surface area contributed by atoms with Crippen LogP contribution in [0.15, 0.2) is 0 Å². The third-order valence-corrected chi connectivity index (χ3v) is 2.31. The molecule has 79 valence electrons. The fourth-order valence-electron chi connectivity index (χ4n) is 1.01. The predicted octanol–water partition coefficient (Wildman–Crippen LogP) is -0.396. The first kappa shape index (κ1) is 12.8. The minimum absolute atomic E-state index is 0.0274. The molecule has 0 aliphatic rings. The minimum Gasteiger partial charge on any atom is -0.396 e. The minimum atomic E-state index is -4.01. The second kappa shape index (κ2) is 6.31. The molecule has 0 bridgehead atoms. The first-order chi connectivity index (χ1) is 5.99. The van der Waals surface area contributed by atoms with Gasteiger partial charge in [-0.1, -0.05) is 0 Å². The van der Waals surface area contributed by atoms with Crippen LogP contribution in [0, 0.1) is 5.92 Å². The zero-order valence-electron chi connectivity index (χ0n) is 7.31. The van der Waals surface area contributed by atoms with Crippen molar-refractivity contribution in [1.82, 2.24) is 0 Å². The SMILES string of the molecule is O=S(=O)(O)C[C](CCO)CCCO. The van der Waals surface area contributed by atoms with E-state index in [1.165, 1.54) is 0 Å². The molecule has 0 aliphatic carbocycles. The largest absolute Gasteiger partial charge is 0.396 e. The van der Waals surface area contributed by atoms with Crippen LogP contribution >= 0.6 is 0 Å². The van der Waals surface area contributed by atoms with E-state index in [1.807, 2.05) is 0 Å². The van der Waals surface area contributed by atoms with E-state index >= 15 is 0 Å². The number of aliphatic hydroxyl groups is 2. The highest BCUT2D eigenvalue weighted by Crippen LogP contribution is 2.15. The molecule has 0 saturated heterocycles. The van der Waals surface area contributed by atoms with Crippen LogP contribution in [-0.2, 0) is 10.1 Å². The molecule has 5 nitrogen and oxygen atoms in total. The van der Waals surface area contributed by atoms with E-state index in [2.05, 4.69) is 0 Å². The Bertz CT molecular complexity index is 211. The lowest BCUT2D eigenvalue weighted by Crippen LogP contribution is -2.15. The molecule has 13 heavy (non-hydrogen) atoms. The summed E-state index contributed by atoms with van der Waals surface area (Å²) >= 11 is 0. The topological polar surface area (TPSA) is 94.8 Å². The Morgan fingerprint density at radius 1 is 1.08 bits per heavy atom. The van der Waals surface area contributed by atoms with Crippen molar-refractivity contribution < 1.29 is 23.2 Å². The van der Waals surface area contributed by atoms with Crippen molar-refractivity contribution in [2.75, 3.05) is 19.0 Å². The molecule has 0 aromatic carbocycles. The first-order valence-electron chi connectivity index (χ1n) is 4.00. The van der Waals surface area contributed by atoms with Crippen LogP contribution in [0.2, 0.25) is 0 Å². The normalized spacial score (nSPS) is 12.3. The first-order valence-corrected chi connectivity index (χ1v) is 5.61. The van der Waals surface area contributed by atoms with E-state index < -0.39 is 15.9 Å². The Balaban J connectivity index is 3.94. The molecule has 1 radical (unpaired) electrons. The van der Waals surface area contributed by atoms with Crippen molar-refractivity contribution in [3.8, 4) is 0 Å². The maximum atomic E-state index is 10.5. The molecule has 0 saturated carbocycles. The smallest absolute Gasteiger partial charge is 0.265 e. The van der Waals surface area contributed by atoms with Crippen molar-refractivity contribution >= 4 is 10.1 Å². The summed E-state index contributed by atoms with van der Waals surface area (Å²) in [5.74, 6) is 0.118. The van der Waals surface area contributed by atoms with Crippen LogP contribution in [0.3, 0.4) is 0 Å². The van der Waals surface area contributed by atoms with Crippen LogP contribution < -0.4 is 0 Å². The summed E-state index contributed by atoms with van der Waals surface area (Å²) in [5.41, 5.74) is 0. The molecule has 0 aromatic heterocycles. The van der Waals surface area contributed by atoms with Crippen LogP contribution in [0.5, 0.6) is 0 Å². The zero-order valence-corrected chi connectivity index (χ0v) is 8.13. The number of hydrogen-bond donors (Lipinski definition) is 3. The Kier molecular flexibility index (Phi) is 6.23. The van der Waals surface area contributed by atoms with E-state index in [9.17, 15) is 8.42 Å². The monoisotopic (exact) mass is 211 g/mol. The van der Waals surface area contributed by atoms with Crippen molar-refractivity contribution in [3.63, 3.8) is 0 Å². The average Bonchev–Trinajstić information content (AvgIpc) is 1.98. The van der Waals surface area contributed by atoms with Gasteiger partial charge in [-0.15, -0.1) is 0 Å². The van der Waals surface area contributed by atoms with E-state index in [1.54, 1.807) is 0 Å². The maximum Gasteiger partial charge on any atom is 0.265 e. The van der Waals surface area contributed by atoms with Gasteiger partial charge in [0.05, 0.1) is 5.75 Å². The summed E-state index contributed by atoms with van der Waals surface area (Å²) < 4.78 is 29.5. The van der Waals surface area contributed by atoms with Crippen molar-refractivity contribution in [2.24, 2.45) is 0 Å². The molecular formula is C7H15O5S. The quantitative estimate of drug-likeness (QED) is 0.498. The third-order valence-electron chi connectivity index (χ3n) is 1.54. The standard InChI is InChI=1S/C7H15O5S/c8-4-1-2-7(3-5-9)6-13(10,11)12/h8-9H,1-6H2,(H,10,11,12). The lowest BCUT2D eigenvalue weighted by molar-refractivity contribution is 0.272. The van der Waals surface area contributed by atoms with Gasteiger partial charge in [0.25, 0.3) is 10.1 Å².